The Balaban J connectivity index is 4.59. The number of carboxylic acids is 1. The Hall–Kier alpha value is -1.71. The van der Waals surface area contributed by atoms with E-state index in [1.54, 1.807) is 0 Å². The molecule has 0 N–H and O–H groups in total. The molecule has 0 saturated heterocycles. The lowest BCUT2D eigenvalue weighted by molar-refractivity contribution is -0.870. The molecule has 0 saturated carbocycles. The maximum atomic E-state index is 12.6. The molecule has 2 unspecified atom stereocenters. The van der Waals surface area contributed by atoms with Crippen molar-refractivity contribution in [2.24, 2.45) is 0 Å². The van der Waals surface area contributed by atoms with Crippen molar-refractivity contribution in [1.82, 2.24) is 0 Å². The lowest BCUT2D eigenvalue weighted by Gasteiger charge is -2.26. The zero-order valence-corrected chi connectivity index (χ0v) is 29.0. The zero-order chi connectivity index (χ0) is 32.9. The van der Waals surface area contributed by atoms with E-state index >= 15 is 0 Å². The van der Waals surface area contributed by atoms with Crippen LogP contribution in [0.3, 0.4) is 0 Å². The maximum Gasteiger partial charge on any atom is 0.306 e. The van der Waals surface area contributed by atoms with Crippen LogP contribution in [0.5, 0.6) is 0 Å². The fraction of sp³-hybridized carbons (Fsp3) is 0.914. The minimum atomic E-state index is -1.61. The predicted molar refractivity (Wildman–Crippen MR) is 173 cm³/mol. The molecule has 0 heterocycles. The lowest BCUT2D eigenvalue weighted by Crippen LogP contribution is -2.44. The fourth-order valence-electron chi connectivity index (χ4n) is 4.77. The molecule has 9 heteroatoms. The average Bonchev–Trinajstić information content (AvgIpc) is 2.96. The molecular weight excluding hydrogens is 562 g/mol. The summed E-state index contributed by atoms with van der Waals surface area (Å²) in [5.41, 5.74) is 0. The minimum absolute atomic E-state index is 0.152. The van der Waals surface area contributed by atoms with Crippen molar-refractivity contribution in [3.8, 4) is 0 Å². The molecule has 0 spiro atoms. The SMILES string of the molecule is CCCCCCCCCCCCC(=O)OC(COC(=O)CCCCCCCCCCC)COC(OCC[N+](C)(C)C)C(=O)[O-]. The van der Waals surface area contributed by atoms with E-state index < -0.39 is 24.3 Å². The Morgan fingerprint density at radius 2 is 1.02 bits per heavy atom. The topological polar surface area (TPSA) is 111 Å². The number of nitrogens with zero attached hydrogens (tertiary/aromatic N) is 1. The number of hydrogen-bond acceptors (Lipinski definition) is 8. The van der Waals surface area contributed by atoms with Crippen LogP contribution in [-0.4, -0.2) is 82.3 Å². The highest BCUT2D eigenvalue weighted by Crippen LogP contribution is 2.13. The van der Waals surface area contributed by atoms with Gasteiger partial charge in [-0.15, -0.1) is 0 Å². The second-order valence-corrected chi connectivity index (χ2v) is 13.2. The smallest absolute Gasteiger partial charge is 0.306 e. The normalized spacial score (nSPS) is 13.0. The first-order valence-corrected chi connectivity index (χ1v) is 17.7. The summed E-state index contributed by atoms with van der Waals surface area (Å²) in [5, 5.41) is 11.6. The Morgan fingerprint density at radius 1 is 0.591 bits per heavy atom. The van der Waals surface area contributed by atoms with Gasteiger partial charge in [-0.3, -0.25) is 9.59 Å². The van der Waals surface area contributed by atoms with Crippen LogP contribution >= 0.6 is 0 Å². The van der Waals surface area contributed by atoms with Crippen LogP contribution in [0.4, 0.5) is 0 Å². The second-order valence-electron chi connectivity index (χ2n) is 13.2. The number of unbranched alkanes of at least 4 members (excludes halogenated alkanes) is 17. The van der Waals surface area contributed by atoms with E-state index in [1.807, 2.05) is 21.1 Å². The Labute approximate surface area is 269 Å². The maximum absolute atomic E-state index is 12.6. The number of ether oxygens (including phenoxy) is 4. The predicted octanol–water partition coefficient (Wildman–Crippen LogP) is 6.49. The van der Waals surface area contributed by atoms with Crippen LogP contribution < -0.4 is 5.11 Å². The number of hydrogen-bond donors (Lipinski definition) is 0. The number of carbonyl (C=O) groups excluding carboxylic acids is 3. The molecule has 0 aromatic carbocycles. The van der Waals surface area contributed by atoms with Crippen molar-refractivity contribution in [1.29, 1.82) is 0 Å². The van der Waals surface area contributed by atoms with E-state index in [1.165, 1.54) is 83.5 Å². The molecule has 0 amide bonds. The summed E-state index contributed by atoms with van der Waals surface area (Å²) in [7, 11) is 5.89. The first kappa shape index (κ1) is 42.3. The van der Waals surface area contributed by atoms with Crippen molar-refractivity contribution in [3.05, 3.63) is 0 Å². The molecule has 0 rings (SSSR count). The van der Waals surface area contributed by atoms with E-state index in [-0.39, 0.29) is 32.2 Å². The molecule has 0 fully saturated rings. The monoisotopic (exact) mass is 629 g/mol. The molecule has 0 aliphatic rings. The van der Waals surface area contributed by atoms with Gasteiger partial charge in [-0.05, 0) is 12.8 Å². The third-order valence-electron chi connectivity index (χ3n) is 7.60. The zero-order valence-electron chi connectivity index (χ0n) is 29.0. The quantitative estimate of drug-likeness (QED) is 0.0359. The summed E-state index contributed by atoms with van der Waals surface area (Å²) in [6, 6.07) is 0. The minimum Gasteiger partial charge on any atom is -0.545 e. The van der Waals surface area contributed by atoms with E-state index in [0.29, 0.717) is 17.4 Å². The third kappa shape index (κ3) is 29.0. The molecular formula is C35H67NO8. The van der Waals surface area contributed by atoms with Gasteiger partial charge in [0.15, 0.2) is 12.4 Å². The fourth-order valence-corrected chi connectivity index (χ4v) is 4.77. The summed E-state index contributed by atoms with van der Waals surface area (Å²) in [5.74, 6) is -2.28. The first-order chi connectivity index (χ1) is 21.1. The third-order valence-corrected chi connectivity index (χ3v) is 7.60. The van der Waals surface area contributed by atoms with Crippen molar-refractivity contribution < 1.29 is 42.9 Å². The van der Waals surface area contributed by atoms with Gasteiger partial charge in [0.2, 0.25) is 0 Å². The van der Waals surface area contributed by atoms with Crippen LogP contribution in [0.15, 0.2) is 0 Å². The lowest BCUT2D eigenvalue weighted by atomic mass is 10.1. The molecule has 0 aliphatic heterocycles. The highest BCUT2D eigenvalue weighted by molar-refractivity contribution is 5.70. The molecule has 0 aromatic heterocycles. The van der Waals surface area contributed by atoms with E-state index in [2.05, 4.69) is 13.8 Å². The van der Waals surface area contributed by atoms with Gasteiger partial charge < -0.3 is 33.3 Å². The van der Waals surface area contributed by atoms with Crippen molar-refractivity contribution >= 4 is 17.9 Å². The number of rotatable bonds is 32. The van der Waals surface area contributed by atoms with Gasteiger partial charge in [0.25, 0.3) is 0 Å². The van der Waals surface area contributed by atoms with E-state index in [9.17, 15) is 19.5 Å². The van der Waals surface area contributed by atoms with Crippen LogP contribution in [0.2, 0.25) is 0 Å². The molecule has 0 radical (unpaired) electrons. The van der Waals surface area contributed by atoms with Crippen molar-refractivity contribution in [2.75, 3.05) is 47.5 Å². The van der Waals surface area contributed by atoms with Gasteiger partial charge >= 0.3 is 11.9 Å². The number of esters is 2. The number of carboxylic acid groups (broad SMARTS) is 1. The van der Waals surface area contributed by atoms with Gasteiger partial charge in [-0.2, -0.15) is 0 Å². The Bertz CT molecular complexity index is 709. The van der Waals surface area contributed by atoms with Gasteiger partial charge in [0.05, 0.1) is 40.3 Å². The molecule has 2 atom stereocenters. The highest BCUT2D eigenvalue weighted by Gasteiger charge is 2.21. The Morgan fingerprint density at radius 3 is 1.45 bits per heavy atom. The van der Waals surface area contributed by atoms with E-state index in [4.69, 9.17) is 18.9 Å². The van der Waals surface area contributed by atoms with Crippen LogP contribution in [-0.2, 0) is 33.3 Å². The van der Waals surface area contributed by atoms with Crippen molar-refractivity contribution in [2.45, 2.75) is 161 Å². The molecule has 0 bridgehead atoms. The average molecular weight is 630 g/mol. The summed E-state index contributed by atoms with van der Waals surface area (Å²) >= 11 is 0. The molecule has 9 nitrogen and oxygen atoms in total. The molecule has 260 valence electrons. The summed E-state index contributed by atoms with van der Waals surface area (Å²) in [4.78, 5) is 36.5. The summed E-state index contributed by atoms with van der Waals surface area (Å²) < 4.78 is 22.3. The summed E-state index contributed by atoms with van der Waals surface area (Å²) in [6.07, 6.45) is 20.0. The molecule has 0 aromatic rings. The molecule has 0 aliphatic carbocycles. The Kier molecular flexibility index (Phi) is 27.6. The largest absolute Gasteiger partial charge is 0.545 e. The van der Waals surface area contributed by atoms with Crippen LogP contribution in [0.1, 0.15) is 149 Å². The highest BCUT2D eigenvalue weighted by atomic mass is 16.7. The van der Waals surface area contributed by atoms with Crippen LogP contribution in [0.25, 0.3) is 0 Å². The van der Waals surface area contributed by atoms with Gasteiger partial charge in [-0.1, -0.05) is 123 Å². The number of carbonyl (C=O) groups is 3. The number of likely N-dealkylation sites (N-methyl/N-ethyl adjacent to an activating group) is 1. The number of quaternary nitrogens is 1. The van der Waals surface area contributed by atoms with Crippen LogP contribution in [0, 0.1) is 0 Å². The van der Waals surface area contributed by atoms with E-state index in [0.717, 1.165) is 38.5 Å². The van der Waals surface area contributed by atoms with Crippen molar-refractivity contribution in [3.63, 3.8) is 0 Å². The second kappa shape index (κ2) is 28.7. The van der Waals surface area contributed by atoms with Gasteiger partial charge in [0.1, 0.15) is 13.2 Å². The standard InChI is InChI=1S/C35H67NO8/c1-6-8-10-12-14-16-18-20-22-24-26-33(38)44-31(30-43-35(34(39)40)41-28-27-36(3,4)5)29-42-32(37)25-23-21-19-17-15-13-11-9-7-2/h31,35H,6-30H2,1-5H3. The van der Waals surface area contributed by atoms with Gasteiger partial charge in [-0.25, -0.2) is 0 Å². The van der Waals surface area contributed by atoms with Gasteiger partial charge in [0, 0.05) is 12.8 Å². The number of aliphatic carboxylic acids is 1. The summed E-state index contributed by atoms with van der Waals surface area (Å²) in [6.45, 7) is 4.68. The first-order valence-electron chi connectivity index (χ1n) is 17.7. The molecule has 44 heavy (non-hydrogen) atoms.